The number of carbonyl (C=O) groups is 1. The van der Waals surface area contributed by atoms with Crippen LogP contribution in [0.1, 0.15) is 25.9 Å². The molecule has 0 aliphatic rings. The van der Waals surface area contributed by atoms with Gasteiger partial charge in [0, 0.05) is 16.4 Å². The predicted molar refractivity (Wildman–Crippen MR) is 102 cm³/mol. The molecule has 0 aliphatic carbocycles. The third-order valence-corrected chi connectivity index (χ3v) is 6.93. The van der Waals surface area contributed by atoms with E-state index in [1.54, 1.807) is 31.2 Å². The SMILES string of the molecule is Cc1cc(S(=O)(=O)NCc2ccc(C(=O)c3ccco3)s2)c(Cl)cc1Cl. The molecule has 0 spiro atoms. The third kappa shape index (κ3) is 4.02. The van der Waals surface area contributed by atoms with Crippen LogP contribution in [0.3, 0.4) is 0 Å². The maximum Gasteiger partial charge on any atom is 0.242 e. The molecule has 0 saturated carbocycles. The largest absolute Gasteiger partial charge is 0.461 e. The molecule has 0 atom stereocenters. The molecule has 1 N–H and O–H groups in total. The monoisotopic (exact) mass is 429 g/mol. The highest BCUT2D eigenvalue weighted by molar-refractivity contribution is 7.89. The molecule has 0 saturated heterocycles. The molecule has 136 valence electrons. The smallest absolute Gasteiger partial charge is 0.242 e. The highest BCUT2D eigenvalue weighted by atomic mass is 35.5. The molecular weight excluding hydrogens is 417 g/mol. The number of hydrogen-bond donors (Lipinski definition) is 1. The van der Waals surface area contributed by atoms with E-state index in [0.29, 0.717) is 20.3 Å². The van der Waals surface area contributed by atoms with Crippen LogP contribution in [0, 0.1) is 6.92 Å². The molecule has 26 heavy (non-hydrogen) atoms. The summed E-state index contributed by atoms with van der Waals surface area (Å²) in [7, 11) is -3.82. The van der Waals surface area contributed by atoms with Gasteiger partial charge in [-0.3, -0.25) is 4.79 Å². The Morgan fingerprint density at radius 3 is 2.65 bits per heavy atom. The van der Waals surface area contributed by atoms with Crippen LogP contribution in [0.5, 0.6) is 0 Å². The fraction of sp³-hybridized carbons (Fsp3) is 0.118. The number of nitrogens with one attached hydrogen (secondary N) is 1. The first-order chi connectivity index (χ1) is 12.3. The van der Waals surface area contributed by atoms with E-state index >= 15 is 0 Å². The van der Waals surface area contributed by atoms with Crippen LogP contribution in [0.15, 0.2) is 52.0 Å². The molecule has 3 rings (SSSR count). The van der Waals surface area contributed by atoms with E-state index in [-0.39, 0.29) is 28.0 Å². The van der Waals surface area contributed by atoms with Crippen LogP contribution in [0.25, 0.3) is 0 Å². The molecule has 0 radical (unpaired) electrons. The molecule has 3 aromatic rings. The van der Waals surface area contributed by atoms with E-state index in [1.165, 1.54) is 29.7 Å². The van der Waals surface area contributed by atoms with Gasteiger partial charge in [0.15, 0.2) is 5.76 Å². The molecule has 1 aromatic carbocycles. The zero-order chi connectivity index (χ0) is 18.9. The zero-order valence-electron chi connectivity index (χ0n) is 13.5. The summed E-state index contributed by atoms with van der Waals surface area (Å²) in [4.78, 5) is 13.3. The van der Waals surface area contributed by atoms with E-state index < -0.39 is 10.0 Å². The second kappa shape index (κ2) is 7.54. The van der Waals surface area contributed by atoms with Crippen LogP contribution in [0.2, 0.25) is 10.0 Å². The average molecular weight is 430 g/mol. The number of carbonyl (C=O) groups excluding carboxylic acids is 1. The Kier molecular flexibility index (Phi) is 5.55. The Morgan fingerprint density at radius 2 is 1.96 bits per heavy atom. The first-order valence-corrected chi connectivity index (χ1v) is 10.5. The molecule has 0 aliphatic heterocycles. The van der Waals surface area contributed by atoms with Crippen molar-refractivity contribution in [1.29, 1.82) is 0 Å². The van der Waals surface area contributed by atoms with Crippen LogP contribution in [-0.2, 0) is 16.6 Å². The van der Waals surface area contributed by atoms with Crippen molar-refractivity contribution in [3.05, 3.63) is 73.8 Å². The lowest BCUT2D eigenvalue weighted by molar-refractivity contribution is 0.101. The summed E-state index contributed by atoms with van der Waals surface area (Å²) >= 11 is 13.2. The fourth-order valence-electron chi connectivity index (χ4n) is 2.20. The van der Waals surface area contributed by atoms with Crippen molar-refractivity contribution in [2.24, 2.45) is 0 Å². The minimum atomic E-state index is -3.82. The van der Waals surface area contributed by atoms with Crippen molar-refractivity contribution in [2.45, 2.75) is 18.4 Å². The number of furan rings is 1. The van der Waals surface area contributed by atoms with Crippen molar-refractivity contribution in [3.8, 4) is 0 Å². The van der Waals surface area contributed by atoms with Gasteiger partial charge in [-0.1, -0.05) is 23.2 Å². The van der Waals surface area contributed by atoms with Crippen molar-refractivity contribution in [3.63, 3.8) is 0 Å². The minimum Gasteiger partial charge on any atom is -0.461 e. The number of halogens is 2. The van der Waals surface area contributed by atoms with E-state index in [9.17, 15) is 13.2 Å². The highest BCUT2D eigenvalue weighted by Gasteiger charge is 2.20. The maximum absolute atomic E-state index is 12.5. The number of aryl methyl sites for hydroxylation is 1. The summed E-state index contributed by atoms with van der Waals surface area (Å²) in [5, 5.41) is 0.446. The van der Waals surface area contributed by atoms with Gasteiger partial charge >= 0.3 is 0 Å². The van der Waals surface area contributed by atoms with Crippen LogP contribution in [-0.4, -0.2) is 14.2 Å². The zero-order valence-corrected chi connectivity index (χ0v) is 16.6. The molecule has 0 amide bonds. The normalized spacial score (nSPS) is 11.7. The van der Waals surface area contributed by atoms with Crippen LogP contribution >= 0.6 is 34.5 Å². The van der Waals surface area contributed by atoms with Gasteiger partial charge in [0.2, 0.25) is 15.8 Å². The number of hydrogen-bond acceptors (Lipinski definition) is 5. The number of thiophene rings is 1. The maximum atomic E-state index is 12.5. The molecule has 5 nitrogen and oxygen atoms in total. The minimum absolute atomic E-state index is 0.0375. The Hall–Kier alpha value is -1.64. The Balaban J connectivity index is 1.75. The van der Waals surface area contributed by atoms with Crippen molar-refractivity contribution in [1.82, 2.24) is 4.72 Å². The average Bonchev–Trinajstić information content (AvgIpc) is 3.27. The lowest BCUT2D eigenvalue weighted by Gasteiger charge is -2.09. The van der Waals surface area contributed by atoms with Gasteiger partial charge in [-0.2, -0.15) is 0 Å². The lowest BCUT2D eigenvalue weighted by Crippen LogP contribution is -2.23. The quantitative estimate of drug-likeness (QED) is 0.577. The van der Waals surface area contributed by atoms with Gasteiger partial charge in [0.1, 0.15) is 4.90 Å². The molecule has 9 heteroatoms. The summed E-state index contributed by atoms with van der Waals surface area (Å²) in [6, 6.07) is 9.37. The Labute approximate surface area is 164 Å². The summed E-state index contributed by atoms with van der Waals surface area (Å²) < 4.78 is 32.6. The van der Waals surface area contributed by atoms with E-state index in [4.69, 9.17) is 27.6 Å². The van der Waals surface area contributed by atoms with E-state index in [1.807, 2.05) is 0 Å². The van der Waals surface area contributed by atoms with Gasteiger partial charge in [0.05, 0.1) is 16.2 Å². The summed E-state index contributed by atoms with van der Waals surface area (Å²) in [6.45, 7) is 1.74. The van der Waals surface area contributed by atoms with Crippen molar-refractivity contribution < 1.29 is 17.6 Å². The molecular formula is C17H13Cl2NO4S2. The second-order valence-corrected chi connectivity index (χ2v) is 9.15. The summed E-state index contributed by atoms with van der Waals surface area (Å²) in [5.41, 5.74) is 0.610. The van der Waals surface area contributed by atoms with E-state index in [0.717, 1.165) is 0 Å². The van der Waals surface area contributed by atoms with E-state index in [2.05, 4.69) is 4.72 Å². The predicted octanol–water partition coefficient (Wildman–Crippen LogP) is 4.67. The highest BCUT2D eigenvalue weighted by Crippen LogP contribution is 2.28. The lowest BCUT2D eigenvalue weighted by atomic mass is 10.2. The second-order valence-electron chi connectivity index (χ2n) is 5.43. The molecule has 0 fully saturated rings. The van der Waals surface area contributed by atoms with Crippen molar-refractivity contribution >= 4 is 50.3 Å². The topological polar surface area (TPSA) is 76.4 Å². The molecule has 2 heterocycles. The first kappa shape index (κ1) is 19.1. The molecule has 0 unspecified atom stereocenters. The third-order valence-electron chi connectivity index (χ3n) is 3.57. The number of ketones is 1. The van der Waals surface area contributed by atoms with Gasteiger partial charge in [-0.05, 0) is 48.9 Å². The molecule has 0 bridgehead atoms. The standard InChI is InChI=1S/C17H13Cl2NO4S2/c1-10-7-16(13(19)8-12(10)18)26(22,23)20-9-11-4-5-15(25-11)17(21)14-3-2-6-24-14/h2-8,20H,9H2,1H3. The Morgan fingerprint density at radius 1 is 1.19 bits per heavy atom. The molecule has 2 aromatic heterocycles. The van der Waals surface area contributed by atoms with Crippen molar-refractivity contribution in [2.75, 3.05) is 0 Å². The fourth-order valence-corrected chi connectivity index (χ4v) is 5.02. The number of rotatable bonds is 6. The number of benzene rings is 1. The summed E-state index contributed by atoms with van der Waals surface area (Å²) in [5.74, 6) is -0.00659. The van der Waals surface area contributed by atoms with Crippen LogP contribution in [0.4, 0.5) is 0 Å². The first-order valence-electron chi connectivity index (χ1n) is 7.40. The Bertz CT molecular complexity index is 1060. The van der Waals surface area contributed by atoms with Gasteiger partial charge in [0.25, 0.3) is 0 Å². The van der Waals surface area contributed by atoms with Gasteiger partial charge < -0.3 is 4.42 Å². The van der Waals surface area contributed by atoms with Crippen LogP contribution < -0.4 is 4.72 Å². The van der Waals surface area contributed by atoms with Gasteiger partial charge in [-0.15, -0.1) is 11.3 Å². The van der Waals surface area contributed by atoms with Gasteiger partial charge in [-0.25, -0.2) is 13.1 Å². The summed E-state index contributed by atoms with van der Waals surface area (Å²) in [6.07, 6.45) is 1.42. The number of sulfonamides is 1.